The second kappa shape index (κ2) is 8.29. The highest BCUT2D eigenvalue weighted by molar-refractivity contribution is 5.74. The van der Waals surface area contributed by atoms with Gasteiger partial charge in [0.15, 0.2) is 0 Å². The summed E-state index contributed by atoms with van der Waals surface area (Å²) >= 11 is 0. The van der Waals surface area contributed by atoms with Gasteiger partial charge in [-0.25, -0.2) is 4.79 Å². The normalized spacial score (nSPS) is 10.5. The van der Waals surface area contributed by atoms with Crippen LogP contribution in [0, 0.1) is 6.92 Å². The summed E-state index contributed by atoms with van der Waals surface area (Å²) in [7, 11) is 1.88. The molecule has 0 bridgehead atoms. The summed E-state index contributed by atoms with van der Waals surface area (Å²) in [6, 6.07) is 11.8. The quantitative estimate of drug-likeness (QED) is 0.719. The van der Waals surface area contributed by atoms with Gasteiger partial charge in [0.25, 0.3) is 0 Å². The molecule has 0 saturated heterocycles. The van der Waals surface area contributed by atoms with E-state index in [0.29, 0.717) is 13.1 Å². The summed E-state index contributed by atoms with van der Waals surface area (Å²) in [5, 5.41) is 10.3. The number of pyridine rings is 1. The molecule has 0 unspecified atom stereocenters. The fraction of sp³-hybridized carbons (Fsp3) is 0.250. The molecule has 6 nitrogen and oxygen atoms in total. The first kappa shape index (κ1) is 17.7. The van der Waals surface area contributed by atoms with E-state index < -0.39 is 0 Å². The molecule has 6 heteroatoms. The summed E-state index contributed by atoms with van der Waals surface area (Å²) in [4.78, 5) is 16.2. The average molecular weight is 349 g/mol. The Hall–Kier alpha value is -3.15. The van der Waals surface area contributed by atoms with Gasteiger partial charge in [0.1, 0.15) is 0 Å². The zero-order valence-corrected chi connectivity index (χ0v) is 15.1. The molecule has 2 heterocycles. The maximum absolute atomic E-state index is 12.1. The second-order valence-corrected chi connectivity index (χ2v) is 6.20. The lowest BCUT2D eigenvalue weighted by Crippen LogP contribution is -2.36. The molecule has 2 amide bonds. The van der Waals surface area contributed by atoms with Gasteiger partial charge in [-0.3, -0.25) is 9.67 Å². The van der Waals surface area contributed by atoms with Crippen LogP contribution in [0.1, 0.15) is 16.7 Å². The van der Waals surface area contributed by atoms with E-state index in [1.54, 1.807) is 10.9 Å². The van der Waals surface area contributed by atoms with Crippen LogP contribution in [0.5, 0.6) is 0 Å². The van der Waals surface area contributed by atoms with Crippen molar-refractivity contribution >= 4 is 6.03 Å². The van der Waals surface area contributed by atoms with Gasteiger partial charge < -0.3 is 10.6 Å². The number of carbonyl (C=O) groups is 1. The highest BCUT2D eigenvalue weighted by atomic mass is 16.2. The molecule has 2 N–H and O–H groups in total. The van der Waals surface area contributed by atoms with E-state index >= 15 is 0 Å². The van der Waals surface area contributed by atoms with Crippen LogP contribution in [0.4, 0.5) is 4.79 Å². The summed E-state index contributed by atoms with van der Waals surface area (Å²) in [6.07, 6.45) is 6.33. The standard InChI is InChI=1S/C20H23N5O/c1-15-12-21-10-8-16(15)9-11-22-20(26)23-13-18-14-25(2)24-19(18)17-6-4-3-5-7-17/h3-8,10,12,14H,9,11,13H2,1-2H3,(H2,22,23,26). The molecular formula is C20H23N5O. The van der Waals surface area contributed by atoms with Gasteiger partial charge in [-0.15, -0.1) is 0 Å². The minimum absolute atomic E-state index is 0.181. The van der Waals surface area contributed by atoms with Crippen LogP contribution in [-0.4, -0.2) is 27.3 Å². The van der Waals surface area contributed by atoms with Gasteiger partial charge in [0, 0.05) is 49.9 Å². The fourth-order valence-electron chi connectivity index (χ4n) is 2.84. The van der Waals surface area contributed by atoms with Crippen LogP contribution < -0.4 is 10.6 Å². The number of rotatable bonds is 6. The highest BCUT2D eigenvalue weighted by Crippen LogP contribution is 2.21. The average Bonchev–Trinajstić information content (AvgIpc) is 3.03. The molecule has 0 saturated carbocycles. The molecule has 2 aromatic heterocycles. The summed E-state index contributed by atoms with van der Waals surface area (Å²) in [5.41, 5.74) is 5.25. The number of urea groups is 1. The van der Waals surface area contributed by atoms with Crippen molar-refractivity contribution in [3.63, 3.8) is 0 Å². The third-order valence-corrected chi connectivity index (χ3v) is 4.21. The van der Waals surface area contributed by atoms with E-state index in [0.717, 1.165) is 28.8 Å². The molecule has 0 aliphatic heterocycles. The van der Waals surface area contributed by atoms with Crippen molar-refractivity contribution in [3.05, 3.63) is 71.7 Å². The molecule has 0 fully saturated rings. The van der Waals surface area contributed by atoms with Gasteiger partial charge in [0.05, 0.1) is 5.69 Å². The van der Waals surface area contributed by atoms with Gasteiger partial charge in [0.2, 0.25) is 0 Å². The van der Waals surface area contributed by atoms with E-state index in [4.69, 9.17) is 0 Å². The minimum atomic E-state index is -0.181. The van der Waals surface area contributed by atoms with Crippen LogP contribution in [0.15, 0.2) is 55.0 Å². The van der Waals surface area contributed by atoms with E-state index in [1.807, 2.05) is 62.8 Å². The number of aryl methyl sites for hydroxylation is 2. The predicted octanol–water partition coefficient (Wildman–Crippen LogP) is 2.83. The first-order valence-electron chi connectivity index (χ1n) is 8.62. The predicted molar refractivity (Wildman–Crippen MR) is 102 cm³/mol. The molecule has 0 radical (unpaired) electrons. The second-order valence-electron chi connectivity index (χ2n) is 6.20. The van der Waals surface area contributed by atoms with E-state index in [1.165, 1.54) is 5.56 Å². The molecule has 26 heavy (non-hydrogen) atoms. The number of aromatic nitrogens is 3. The maximum Gasteiger partial charge on any atom is 0.315 e. The Labute approximate surface area is 153 Å². The number of benzene rings is 1. The zero-order chi connectivity index (χ0) is 18.4. The first-order chi connectivity index (χ1) is 12.6. The summed E-state index contributed by atoms with van der Waals surface area (Å²) in [5.74, 6) is 0. The number of hydrogen-bond acceptors (Lipinski definition) is 3. The van der Waals surface area contributed by atoms with Crippen molar-refractivity contribution in [2.45, 2.75) is 19.9 Å². The molecule has 0 aliphatic rings. The molecule has 3 aromatic rings. The summed E-state index contributed by atoms with van der Waals surface area (Å²) < 4.78 is 1.77. The number of nitrogens with zero attached hydrogens (tertiary/aromatic N) is 3. The van der Waals surface area contributed by atoms with Crippen molar-refractivity contribution in [3.8, 4) is 11.3 Å². The Kier molecular flexibility index (Phi) is 5.63. The van der Waals surface area contributed by atoms with Crippen molar-refractivity contribution < 1.29 is 4.79 Å². The van der Waals surface area contributed by atoms with Crippen LogP contribution in [0.3, 0.4) is 0 Å². The number of nitrogens with one attached hydrogen (secondary N) is 2. The Morgan fingerprint density at radius 3 is 2.69 bits per heavy atom. The first-order valence-corrected chi connectivity index (χ1v) is 8.62. The van der Waals surface area contributed by atoms with Crippen LogP contribution >= 0.6 is 0 Å². The van der Waals surface area contributed by atoms with E-state index in [2.05, 4.69) is 20.7 Å². The molecular weight excluding hydrogens is 326 g/mol. The molecule has 0 aliphatic carbocycles. The van der Waals surface area contributed by atoms with Crippen LogP contribution in [-0.2, 0) is 20.0 Å². The van der Waals surface area contributed by atoms with E-state index in [-0.39, 0.29) is 6.03 Å². The smallest absolute Gasteiger partial charge is 0.315 e. The minimum Gasteiger partial charge on any atom is -0.338 e. The van der Waals surface area contributed by atoms with Crippen molar-refractivity contribution in [2.75, 3.05) is 6.54 Å². The van der Waals surface area contributed by atoms with Crippen LogP contribution in [0.2, 0.25) is 0 Å². The van der Waals surface area contributed by atoms with Crippen molar-refractivity contribution in [1.29, 1.82) is 0 Å². The summed E-state index contributed by atoms with van der Waals surface area (Å²) in [6.45, 7) is 3.03. The van der Waals surface area contributed by atoms with E-state index in [9.17, 15) is 4.79 Å². The molecule has 3 rings (SSSR count). The molecule has 0 spiro atoms. The van der Waals surface area contributed by atoms with Crippen LogP contribution in [0.25, 0.3) is 11.3 Å². The van der Waals surface area contributed by atoms with Gasteiger partial charge >= 0.3 is 6.03 Å². The number of carbonyl (C=O) groups excluding carboxylic acids is 1. The topological polar surface area (TPSA) is 71.8 Å². The molecule has 1 aromatic carbocycles. The zero-order valence-electron chi connectivity index (χ0n) is 15.1. The lowest BCUT2D eigenvalue weighted by Gasteiger charge is -2.09. The van der Waals surface area contributed by atoms with Crippen molar-refractivity contribution in [2.24, 2.45) is 7.05 Å². The maximum atomic E-state index is 12.1. The monoisotopic (exact) mass is 349 g/mol. The SMILES string of the molecule is Cc1cnccc1CCNC(=O)NCc1cn(C)nc1-c1ccccc1. The number of hydrogen-bond donors (Lipinski definition) is 2. The van der Waals surface area contributed by atoms with Gasteiger partial charge in [-0.2, -0.15) is 5.10 Å². The Balaban J connectivity index is 1.53. The fourth-order valence-corrected chi connectivity index (χ4v) is 2.84. The number of amides is 2. The third kappa shape index (κ3) is 4.47. The Bertz CT molecular complexity index is 873. The highest BCUT2D eigenvalue weighted by Gasteiger charge is 2.11. The van der Waals surface area contributed by atoms with Crippen molar-refractivity contribution in [1.82, 2.24) is 25.4 Å². The lowest BCUT2D eigenvalue weighted by molar-refractivity contribution is 0.240. The van der Waals surface area contributed by atoms with Gasteiger partial charge in [-0.1, -0.05) is 30.3 Å². The largest absolute Gasteiger partial charge is 0.338 e. The molecule has 134 valence electrons. The third-order valence-electron chi connectivity index (χ3n) is 4.21. The lowest BCUT2D eigenvalue weighted by atomic mass is 10.1. The Morgan fingerprint density at radius 1 is 1.12 bits per heavy atom. The molecule has 0 atom stereocenters. The Morgan fingerprint density at radius 2 is 1.92 bits per heavy atom. The van der Waals surface area contributed by atoms with Gasteiger partial charge in [-0.05, 0) is 30.5 Å².